The zero-order chi connectivity index (χ0) is 24.3. The van der Waals surface area contributed by atoms with Gasteiger partial charge in [-0.2, -0.15) is 0 Å². The topological polar surface area (TPSA) is 35.0 Å². The average Bonchev–Trinajstić information content (AvgIpc) is 2.94. The van der Waals surface area contributed by atoms with Crippen molar-refractivity contribution in [2.45, 2.75) is 13.5 Å². The van der Waals surface area contributed by atoms with E-state index in [4.69, 9.17) is 4.74 Å². The molecule has 5 aromatic rings. The Morgan fingerprint density at radius 2 is 1.50 bits per heavy atom. The largest absolute Gasteiger partial charge is 0.508 e. The summed E-state index contributed by atoms with van der Waals surface area (Å²) in [5, 5.41) is 0. The number of rotatable bonds is 6. The van der Waals surface area contributed by atoms with Crippen LogP contribution in [0, 0.1) is 19.1 Å². The normalized spacial score (nSPS) is 9.81. The van der Waals surface area contributed by atoms with Crippen molar-refractivity contribution < 1.29 is 24.8 Å². The summed E-state index contributed by atoms with van der Waals surface area (Å²) in [6, 6.07) is 38.1. The van der Waals surface area contributed by atoms with Gasteiger partial charge in [-0.1, -0.05) is 68.1 Å². The molecule has 0 aliphatic carbocycles. The predicted octanol–water partition coefficient (Wildman–Crippen LogP) is 7.63. The molecule has 0 aliphatic rings. The van der Waals surface area contributed by atoms with Crippen LogP contribution >= 0.6 is 0 Å². The van der Waals surface area contributed by atoms with Gasteiger partial charge in [-0.15, -0.1) is 65.2 Å². The fourth-order valence-corrected chi connectivity index (χ4v) is 3.31. The molecular formula is C32H26IrN2O-2. The summed E-state index contributed by atoms with van der Waals surface area (Å²) >= 11 is 0. The number of aryl methyl sites for hydroxylation is 1. The van der Waals surface area contributed by atoms with Gasteiger partial charge in [0.15, 0.2) is 0 Å². The van der Waals surface area contributed by atoms with Gasteiger partial charge < -0.3 is 14.7 Å². The van der Waals surface area contributed by atoms with E-state index in [-0.39, 0.29) is 20.1 Å². The first-order chi connectivity index (χ1) is 17.2. The van der Waals surface area contributed by atoms with E-state index in [9.17, 15) is 0 Å². The molecule has 0 fully saturated rings. The van der Waals surface area contributed by atoms with Gasteiger partial charge in [0.2, 0.25) is 0 Å². The van der Waals surface area contributed by atoms with E-state index in [1.165, 1.54) is 5.56 Å². The van der Waals surface area contributed by atoms with E-state index < -0.39 is 0 Å². The van der Waals surface area contributed by atoms with Crippen LogP contribution < -0.4 is 4.74 Å². The average molecular weight is 647 g/mol. The van der Waals surface area contributed by atoms with Crippen LogP contribution in [-0.4, -0.2) is 9.97 Å². The van der Waals surface area contributed by atoms with Crippen LogP contribution in [0.1, 0.15) is 16.7 Å². The van der Waals surface area contributed by atoms with E-state index >= 15 is 0 Å². The Morgan fingerprint density at radius 3 is 2.08 bits per heavy atom. The van der Waals surface area contributed by atoms with Crippen molar-refractivity contribution in [2.75, 3.05) is 0 Å². The second kappa shape index (κ2) is 13.9. The summed E-state index contributed by atoms with van der Waals surface area (Å²) in [4.78, 5) is 8.58. The van der Waals surface area contributed by atoms with E-state index in [1.807, 2.05) is 97.1 Å². The van der Waals surface area contributed by atoms with Gasteiger partial charge in [-0.05, 0) is 34.6 Å². The fraction of sp³-hybridized carbons (Fsp3) is 0.0625. The molecular weight excluding hydrogens is 621 g/mol. The number of benzene rings is 3. The molecule has 4 heteroatoms. The first-order valence-corrected chi connectivity index (χ1v) is 11.4. The number of hydrogen-bond donors (Lipinski definition) is 0. The fourth-order valence-electron chi connectivity index (χ4n) is 3.31. The maximum atomic E-state index is 5.85. The van der Waals surface area contributed by atoms with Crippen LogP contribution in [0.3, 0.4) is 0 Å². The molecule has 2 aromatic heterocycles. The van der Waals surface area contributed by atoms with Gasteiger partial charge in [0, 0.05) is 38.2 Å². The van der Waals surface area contributed by atoms with Crippen molar-refractivity contribution in [3.8, 4) is 28.3 Å². The summed E-state index contributed by atoms with van der Waals surface area (Å²) in [5.74, 6) is 0.812. The van der Waals surface area contributed by atoms with Gasteiger partial charge in [-0.3, -0.25) is 0 Å². The molecule has 181 valence electrons. The Bertz CT molecular complexity index is 1340. The molecule has 36 heavy (non-hydrogen) atoms. The monoisotopic (exact) mass is 647 g/mol. The maximum absolute atomic E-state index is 5.85. The van der Waals surface area contributed by atoms with Gasteiger partial charge in [0.25, 0.3) is 0 Å². The molecule has 0 amide bonds. The molecule has 0 spiro atoms. The van der Waals surface area contributed by atoms with Crippen LogP contribution in [0.25, 0.3) is 28.6 Å². The molecule has 0 unspecified atom stereocenters. The molecule has 2 heterocycles. The quantitative estimate of drug-likeness (QED) is 0.178. The van der Waals surface area contributed by atoms with E-state index in [2.05, 4.69) is 41.7 Å². The molecule has 3 aromatic carbocycles. The third-order valence-corrected chi connectivity index (χ3v) is 5.24. The zero-order valence-electron chi connectivity index (χ0n) is 20.0. The van der Waals surface area contributed by atoms with Crippen molar-refractivity contribution in [3.05, 3.63) is 145 Å². The van der Waals surface area contributed by atoms with Gasteiger partial charge in [-0.25, -0.2) is 0 Å². The zero-order valence-corrected chi connectivity index (χ0v) is 22.4. The number of hydrogen-bond acceptors (Lipinski definition) is 3. The Morgan fingerprint density at radius 1 is 0.806 bits per heavy atom. The summed E-state index contributed by atoms with van der Waals surface area (Å²) in [6.07, 6.45) is 5.40. The van der Waals surface area contributed by atoms with Crippen LogP contribution in [0.5, 0.6) is 5.75 Å². The van der Waals surface area contributed by atoms with Crippen LogP contribution in [0.15, 0.2) is 116 Å². The number of nitrogens with zero attached hydrogens (tertiary/aromatic N) is 2. The molecule has 0 saturated heterocycles. The second-order valence-corrected chi connectivity index (χ2v) is 7.88. The molecule has 5 rings (SSSR count). The first kappa shape index (κ1) is 26.7. The maximum Gasteiger partial charge on any atom is 0.111 e. The molecule has 0 N–H and O–H groups in total. The minimum absolute atomic E-state index is 0. The number of aromatic nitrogens is 2. The van der Waals surface area contributed by atoms with Crippen LogP contribution in [0.4, 0.5) is 0 Å². The van der Waals surface area contributed by atoms with Crippen molar-refractivity contribution >= 4 is 6.08 Å². The number of ether oxygens (including phenoxy) is 1. The summed E-state index contributed by atoms with van der Waals surface area (Å²) in [5.41, 5.74) is 7.30. The minimum Gasteiger partial charge on any atom is -0.508 e. The van der Waals surface area contributed by atoms with Gasteiger partial charge >= 0.3 is 0 Å². The van der Waals surface area contributed by atoms with E-state index in [0.717, 1.165) is 39.4 Å². The molecule has 0 aliphatic heterocycles. The molecule has 0 bridgehead atoms. The predicted molar refractivity (Wildman–Crippen MR) is 143 cm³/mol. The number of pyridine rings is 2. The SMILES string of the molecule is C=Cc1ccc(COc2cc[c-]c(-c3ccccn3)c2)cc1.Cc1c[c-]c(-c2ccccn2)cc1.[Ir]. The minimum atomic E-state index is 0. The summed E-state index contributed by atoms with van der Waals surface area (Å²) < 4.78 is 5.85. The Labute approximate surface area is 226 Å². The Balaban J connectivity index is 0.000000221. The van der Waals surface area contributed by atoms with E-state index in [1.54, 1.807) is 12.4 Å². The Hall–Kier alpha value is -3.85. The summed E-state index contributed by atoms with van der Waals surface area (Å²) in [6.45, 7) is 6.34. The van der Waals surface area contributed by atoms with Crippen molar-refractivity contribution in [1.82, 2.24) is 9.97 Å². The van der Waals surface area contributed by atoms with Crippen LogP contribution in [0.2, 0.25) is 0 Å². The third kappa shape index (κ3) is 7.84. The van der Waals surface area contributed by atoms with Gasteiger partial charge in [0.05, 0.1) is 0 Å². The van der Waals surface area contributed by atoms with Crippen molar-refractivity contribution in [3.63, 3.8) is 0 Å². The van der Waals surface area contributed by atoms with Crippen LogP contribution in [-0.2, 0) is 26.7 Å². The van der Waals surface area contributed by atoms with Gasteiger partial charge in [0.1, 0.15) is 6.61 Å². The third-order valence-electron chi connectivity index (χ3n) is 5.24. The Kier molecular flexibility index (Phi) is 10.3. The first-order valence-electron chi connectivity index (χ1n) is 11.4. The van der Waals surface area contributed by atoms with Crippen molar-refractivity contribution in [1.29, 1.82) is 0 Å². The molecule has 0 atom stereocenters. The molecule has 0 saturated carbocycles. The smallest absolute Gasteiger partial charge is 0.111 e. The van der Waals surface area contributed by atoms with Crippen molar-refractivity contribution in [2.24, 2.45) is 0 Å². The molecule has 1 radical (unpaired) electrons. The molecule has 3 nitrogen and oxygen atoms in total. The standard InChI is InChI=1S/C20H16NO.C12H10N.Ir/c1-2-16-9-11-17(12-10-16)15-22-19-7-5-6-18(14-19)20-8-3-4-13-21-20;1-10-5-7-11(8-6-10)12-4-2-3-9-13-12;/h2-5,7-14H,1,15H2;2-7,9H,1H3;/q2*-1;. The second-order valence-electron chi connectivity index (χ2n) is 7.88. The summed E-state index contributed by atoms with van der Waals surface area (Å²) in [7, 11) is 0. The van der Waals surface area contributed by atoms with E-state index in [0.29, 0.717) is 6.61 Å².